The molecule has 0 fully saturated rings. The van der Waals surface area contributed by atoms with Gasteiger partial charge in [0.1, 0.15) is 6.07 Å². The molecule has 0 atom stereocenters. The lowest BCUT2D eigenvalue weighted by atomic mass is 10.4. The van der Waals surface area contributed by atoms with Gasteiger partial charge in [0.05, 0.1) is 5.02 Å². The SMILES string of the molecule is N#Cc1nc(OC(F)(F)F)cc(Br)c1Cl. The van der Waals surface area contributed by atoms with Crippen molar-refractivity contribution >= 4 is 27.5 Å². The summed E-state index contributed by atoms with van der Waals surface area (Å²) in [5, 5.41) is 8.45. The molecule has 0 N–H and O–H groups in total. The first-order valence-corrected chi connectivity index (χ1v) is 4.52. The standard InChI is InChI=1S/C7HBrClF3N2O/c8-3-1-5(15-7(10,11)12)14-4(2-13)6(3)9/h1H. The molecule has 0 amide bonds. The molecular formula is C7HBrClF3N2O. The van der Waals surface area contributed by atoms with Gasteiger partial charge in [0.2, 0.25) is 5.88 Å². The zero-order valence-electron chi connectivity index (χ0n) is 6.77. The second kappa shape index (κ2) is 4.24. The van der Waals surface area contributed by atoms with Crippen molar-refractivity contribution in [1.29, 1.82) is 5.26 Å². The first-order chi connectivity index (χ1) is 6.83. The number of pyridine rings is 1. The number of hydrogen-bond donors (Lipinski definition) is 0. The fourth-order valence-corrected chi connectivity index (χ4v) is 1.24. The van der Waals surface area contributed by atoms with Crippen molar-refractivity contribution in [2.45, 2.75) is 6.36 Å². The van der Waals surface area contributed by atoms with Crippen LogP contribution in [0.2, 0.25) is 5.02 Å². The van der Waals surface area contributed by atoms with Gasteiger partial charge >= 0.3 is 6.36 Å². The summed E-state index contributed by atoms with van der Waals surface area (Å²) in [6.07, 6.45) is -4.85. The number of hydrogen-bond acceptors (Lipinski definition) is 3. The zero-order valence-corrected chi connectivity index (χ0v) is 9.11. The summed E-state index contributed by atoms with van der Waals surface area (Å²) < 4.78 is 39.1. The highest BCUT2D eigenvalue weighted by molar-refractivity contribution is 9.10. The maximum absolute atomic E-state index is 11.8. The summed E-state index contributed by atoms with van der Waals surface area (Å²) in [5.74, 6) is -0.740. The van der Waals surface area contributed by atoms with Crippen molar-refractivity contribution < 1.29 is 17.9 Å². The van der Waals surface area contributed by atoms with Gasteiger partial charge in [-0.05, 0) is 15.9 Å². The number of halogens is 5. The number of nitrogens with zero attached hydrogens (tertiary/aromatic N) is 2. The van der Waals surface area contributed by atoms with E-state index in [1.807, 2.05) is 0 Å². The molecule has 0 bridgehead atoms. The third kappa shape index (κ3) is 3.25. The molecule has 1 heterocycles. The average molecular weight is 301 g/mol. The summed E-state index contributed by atoms with van der Waals surface area (Å²) in [7, 11) is 0. The number of alkyl halides is 3. The molecule has 0 aliphatic carbocycles. The van der Waals surface area contributed by atoms with Gasteiger partial charge in [0.25, 0.3) is 0 Å². The molecule has 0 unspecified atom stereocenters. The van der Waals surface area contributed by atoms with Gasteiger partial charge < -0.3 is 4.74 Å². The molecule has 0 spiro atoms. The third-order valence-corrected chi connectivity index (χ3v) is 2.45. The van der Waals surface area contributed by atoms with Crippen molar-refractivity contribution in [2.75, 3.05) is 0 Å². The highest BCUT2D eigenvalue weighted by Crippen LogP contribution is 2.30. The normalized spacial score (nSPS) is 10.9. The second-order valence-electron chi connectivity index (χ2n) is 2.26. The molecule has 0 aliphatic heterocycles. The lowest BCUT2D eigenvalue weighted by Crippen LogP contribution is -2.18. The maximum Gasteiger partial charge on any atom is 0.574 e. The monoisotopic (exact) mass is 300 g/mol. The molecule has 15 heavy (non-hydrogen) atoms. The van der Waals surface area contributed by atoms with E-state index in [1.165, 1.54) is 0 Å². The fourth-order valence-electron chi connectivity index (χ4n) is 0.721. The van der Waals surface area contributed by atoms with Crippen molar-refractivity contribution in [1.82, 2.24) is 4.98 Å². The van der Waals surface area contributed by atoms with Gasteiger partial charge in [-0.1, -0.05) is 11.6 Å². The van der Waals surface area contributed by atoms with Gasteiger partial charge in [-0.15, -0.1) is 13.2 Å². The van der Waals surface area contributed by atoms with Crippen LogP contribution in [0.1, 0.15) is 5.69 Å². The summed E-state index contributed by atoms with van der Waals surface area (Å²) in [6, 6.07) is 2.47. The summed E-state index contributed by atoms with van der Waals surface area (Å²) >= 11 is 8.44. The van der Waals surface area contributed by atoms with E-state index in [2.05, 4.69) is 25.7 Å². The van der Waals surface area contributed by atoms with Gasteiger partial charge in [0.15, 0.2) is 5.69 Å². The molecule has 0 saturated carbocycles. The Kier molecular flexibility index (Phi) is 3.42. The van der Waals surface area contributed by atoms with Crippen LogP contribution in [0.5, 0.6) is 5.88 Å². The lowest BCUT2D eigenvalue weighted by molar-refractivity contribution is -0.276. The van der Waals surface area contributed by atoms with Crippen LogP contribution in [0.25, 0.3) is 0 Å². The largest absolute Gasteiger partial charge is 0.574 e. The van der Waals surface area contributed by atoms with E-state index < -0.39 is 12.2 Å². The van der Waals surface area contributed by atoms with E-state index in [9.17, 15) is 13.2 Å². The first kappa shape index (κ1) is 12.1. The summed E-state index contributed by atoms with van der Waals surface area (Å²) in [5.41, 5.74) is -0.342. The van der Waals surface area contributed by atoms with E-state index in [0.29, 0.717) is 0 Å². The second-order valence-corrected chi connectivity index (χ2v) is 3.50. The third-order valence-electron chi connectivity index (χ3n) is 1.22. The Labute approximate surface area is 95.6 Å². The Morgan fingerprint density at radius 2 is 2.13 bits per heavy atom. The van der Waals surface area contributed by atoms with Crippen LogP contribution in [-0.4, -0.2) is 11.3 Å². The van der Waals surface area contributed by atoms with Crippen LogP contribution in [0.15, 0.2) is 10.5 Å². The quantitative estimate of drug-likeness (QED) is 0.800. The van der Waals surface area contributed by atoms with E-state index in [1.54, 1.807) is 6.07 Å². The van der Waals surface area contributed by atoms with Gasteiger partial charge in [-0.3, -0.25) is 0 Å². The lowest BCUT2D eigenvalue weighted by Gasteiger charge is -2.08. The first-order valence-electron chi connectivity index (χ1n) is 3.35. The van der Waals surface area contributed by atoms with Crippen LogP contribution < -0.4 is 4.74 Å². The highest BCUT2D eigenvalue weighted by atomic mass is 79.9. The van der Waals surface area contributed by atoms with Gasteiger partial charge in [-0.25, -0.2) is 4.98 Å². The number of nitriles is 1. The molecule has 0 aliphatic rings. The average Bonchev–Trinajstić information content (AvgIpc) is 2.08. The Morgan fingerprint density at radius 1 is 1.53 bits per heavy atom. The van der Waals surface area contributed by atoms with Gasteiger partial charge in [-0.2, -0.15) is 5.26 Å². The molecule has 1 aromatic rings. The van der Waals surface area contributed by atoms with Crippen molar-refractivity contribution in [2.24, 2.45) is 0 Å². The van der Waals surface area contributed by atoms with Crippen LogP contribution in [0.4, 0.5) is 13.2 Å². The molecule has 0 saturated heterocycles. The van der Waals surface area contributed by atoms with Crippen molar-refractivity contribution in [3.8, 4) is 11.9 Å². The highest BCUT2D eigenvalue weighted by Gasteiger charge is 2.32. The minimum atomic E-state index is -4.85. The smallest absolute Gasteiger partial charge is 0.388 e. The van der Waals surface area contributed by atoms with Crippen LogP contribution in [0.3, 0.4) is 0 Å². The Balaban J connectivity index is 3.13. The van der Waals surface area contributed by atoms with Crippen LogP contribution >= 0.6 is 27.5 Å². The van der Waals surface area contributed by atoms with Gasteiger partial charge in [0, 0.05) is 10.5 Å². The predicted molar refractivity (Wildman–Crippen MR) is 48.3 cm³/mol. The van der Waals surface area contributed by atoms with E-state index in [0.717, 1.165) is 6.07 Å². The molecule has 1 rings (SSSR count). The molecule has 1 aromatic heterocycles. The number of rotatable bonds is 1. The predicted octanol–water partition coefficient (Wildman–Crippen LogP) is 3.27. The fraction of sp³-hybridized carbons (Fsp3) is 0.143. The Morgan fingerprint density at radius 3 is 2.60 bits per heavy atom. The number of ether oxygens (including phenoxy) is 1. The number of aromatic nitrogens is 1. The molecule has 3 nitrogen and oxygen atoms in total. The molecule has 0 radical (unpaired) electrons. The zero-order chi connectivity index (χ0) is 11.6. The van der Waals surface area contributed by atoms with Crippen LogP contribution in [-0.2, 0) is 0 Å². The molecule has 8 heteroatoms. The van der Waals surface area contributed by atoms with E-state index in [-0.39, 0.29) is 15.2 Å². The molecule has 0 aromatic carbocycles. The Bertz CT molecular complexity index is 429. The molecule has 80 valence electrons. The minimum absolute atomic E-state index is 0.0629. The van der Waals surface area contributed by atoms with Crippen molar-refractivity contribution in [3.05, 3.63) is 21.3 Å². The van der Waals surface area contributed by atoms with Crippen molar-refractivity contribution in [3.63, 3.8) is 0 Å². The minimum Gasteiger partial charge on any atom is -0.388 e. The topological polar surface area (TPSA) is 45.9 Å². The molecular weight excluding hydrogens is 300 g/mol. The van der Waals surface area contributed by atoms with E-state index >= 15 is 0 Å². The Hall–Kier alpha value is -1.00. The van der Waals surface area contributed by atoms with Crippen LogP contribution in [0, 0.1) is 11.3 Å². The maximum atomic E-state index is 11.8. The van der Waals surface area contributed by atoms with E-state index in [4.69, 9.17) is 16.9 Å². The summed E-state index contributed by atoms with van der Waals surface area (Å²) in [4.78, 5) is 3.27. The summed E-state index contributed by atoms with van der Waals surface area (Å²) in [6.45, 7) is 0.